The zero-order chi connectivity index (χ0) is 13.8. The van der Waals surface area contributed by atoms with Gasteiger partial charge >= 0.3 is 0 Å². The summed E-state index contributed by atoms with van der Waals surface area (Å²) in [4.78, 5) is 4.10. The van der Waals surface area contributed by atoms with Crippen LogP contribution in [0.1, 0.15) is 29.7 Å². The first-order chi connectivity index (χ1) is 9.10. The molecule has 0 fully saturated rings. The summed E-state index contributed by atoms with van der Waals surface area (Å²) in [5, 5.41) is 10.4. The van der Waals surface area contributed by atoms with Crippen molar-refractivity contribution in [2.24, 2.45) is 0 Å². The molecule has 3 nitrogen and oxygen atoms in total. The molecule has 1 atom stereocenters. The summed E-state index contributed by atoms with van der Waals surface area (Å²) >= 11 is 3.44. The first kappa shape index (κ1) is 14.0. The van der Waals surface area contributed by atoms with Gasteiger partial charge in [-0.05, 0) is 43.2 Å². The molecule has 0 bridgehead atoms. The van der Waals surface area contributed by atoms with Crippen LogP contribution in [0.5, 0.6) is 5.75 Å². The SMILES string of the molecule is CCOc1cncc(C(O)c2cc(C)cc(Br)c2)c1. The van der Waals surface area contributed by atoms with E-state index in [4.69, 9.17) is 4.74 Å². The zero-order valence-electron chi connectivity index (χ0n) is 10.9. The molecule has 4 heteroatoms. The Balaban J connectivity index is 2.32. The Hall–Kier alpha value is -1.39. The van der Waals surface area contributed by atoms with Crippen LogP contribution in [-0.2, 0) is 0 Å². The molecule has 1 heterocycles. The van der Waals surface area contributed by atoms with Crippen molar-refractivity contribution in [1.29, 1.82) is 0 Å². The van der Waals surface area contributed by atoms with Gasteiger partial charge in [0.05, 0.1) is 12.8 Å². The number of ether oxygens (including phenoxy) is 1. The molecular weight excluding hydrogens is 306 g/mol. The summed E-state index contributed by atoms with van der Waals surface area (Å²) in [5.74, 6) is 0.672. The second kappa shape index (κ2) is 6.17. The molecule has 1 unspecified atom stereocenters. The van der Waals surface area contributed by atoms with Crippen LogP contribution in [0.2, 0.25) is 0 Å². The van der Waals surface area contributed by atoms with Crippen LogP contribution in [0.15, 0.2) is 41.1 Å². The number of halogens is 1. The number of pyridine rings is 1. The maximum absolute atomic E-state index is 10.4. The minimum absolute atomic E-state index is 0.581. The molecule has 0 aliphatic heterocycles. The largest absolute Gasteiger partial charge is 0.492 e. The number of rotatable bonds is 4. The Morgan fingerprint density at radius 3 is 2.68 bits per heavy atom. The van der Waals surface area contributed by atoms with Crippen molar-refractivity contribution in [2.75, 3.05) is 6.61 Å². The summed E-state index contributed by atoms with van der Waals surface area (Å²) in [6.45, 7) is 4.49. The predicted octanol–water partition coefficient (Wildman–Crippen LogP) is 3.63. The number of nitrogens with zero attached hydrogens (tertiary/aromatic N) is 1. The Bertz CT molecular complexity index is 552. The highest BCUT2D eigenvalue weighted by atomic mass is 79.9. The van der Waals surface area contributed by atoms with Crippen molar-refractivity contribution in [2.45, 2.75) is 20.0 Å². The molecule has 2 rings (SSSR count). The Morgan fingerprint density at radius 1 is 1.21 bits per heavy atom. The molecule has 100 valence electrons. The fourth-order valence-corrected chi connectivity index (χ4v) is 2.57. The van der Waals surface area contributed by atoms with Crippen molar-refractivity contribution in [3.8, 4) is 5.75 Å². The number of aliphatic hydroxyl groups is 1. The minimum Gasteiger partial charge on any atom is -0.492 e. The second-order valence-corrected chi connectivity index (χ2v) is 5.27. The maximum atomic E-state index is 10.4. The van der Waals surface area contributed by atoms with Gasteiger partial charge in [0.15, 0.2) is 0 Å². The van der Waals surface area contributed by atoms with E-state index in [-0.39, 0.29) is 0 Å². The van der Waals surface area contributed by atoms with E-state index in [1.165, 1.54) is 0 Å². The van der Waals surface area contributed by atoms with Crippen LogP contribution in [0.25, 0.3) is 0 Å². The van der Waals surface area contributed by atoms with Gasteiger partial charge in [0.25, 0.3) is 0 Å². The lowest BCUT2D eigenvalue weighted by Gasteiger charge is -2.13. The molecule has 0 amide bonds. The first-order valence-electron chi connectivity index (χ1n) is 6.13. The summed E-state index contributed by atoms with van der Waals surface area (Å²) in [7, 11) is 0. The summed E-state index contributed by atoms with van der Waals surface area (Å²) in [6.07, 6.45) is 2.60. The lowest BCUT2D eigenvalue weighted by atomic mass is 10.0. The van der Waals surface area contributed by atoms with E-state index < -0.39 is 6.10 Å². The minimum atomic E-state index is -0.705. The number of hydrogen-bond acceptors (Lipinski definition) is 3. The Morgan fingerprint density at radius 2 is 2.00 bits per heavy atom. The number of aliphatic hydroxyl groups excluding tert-OH is 1. The van der Waals surface area contributed by atoms with Crippen molar-refractivity contribution >= 4 is 15.9 Å². The van der Waals surface area contributed by atoms with Crippen LogP contribution < -0.4 is 4.74 Å². The smallest absolute Gasteiger partial charge is 0.137 e. The third-order valence-corrected chi connectivity index (χ3v) is 3.20. The fraction of sp³-hybridized carbons (Fsp3) is 0.267. The number of aromatic nitrogens is 1. The van der Waals surface area contributed by atoms with Gasteiger partial charge < -0.3 is 9.84 Å². The molecule has 1 aromatic carbocycles. The van der Waals surface area contributed by atoms with Crippen LogP contribution in [0.3, 0.4) is 0 Å². The molecular formula is C15H16BrNO2. The molecule has 1 aromatic heterocycles. The average Bonchev–Trinajstić information content (AvgIpc) is 2.37. The Labute approximate surface area is 121 Å². The van der Waals surface area contributed by atoms with Gasteiger partial charge in [0, 0.05) is 16.2 Å². The second-order valence-electron chi connectivity index (χ2n) is 4.35. The molecule has 0 saturated heterocycles. The normalized spacial score (nSPS) is 12.2. The molecule has 0 aliphatic rings. The van der Waals surface area contributed by atoms with Gasteiger partial charge in [-0.25, -0.2) is 0 Å². The van der Waals surface area contributed by atoms with Crippen LogP contribution >= 0.6 is 15.9 Å². The highest BCUT2D eigenvalue weighted by Gasteiger charge is 2.12. The summed E-state index contributed by atoms with van der Waals surface area (Å²) in [5.41, 5.74) is 2.66. The van der Waals surface area contributed by atoms with Gasteiger partial charge in [-0.3, -0.25) is 4.98 Å². The third kappa shape index (κ3) is 3.55. The highest BCUT2D eigenvalue weighted by Crippen LogP contribution is 2.27. The van der Waals surface area contributed by atoms with E-state index >= 15 is 0 Å². The maximum Gasteiger partial charge on any atom is 0.137 e. The average molecular weight is 322 g/mol. The van der Waals surface area contributed by atoms with Crippen LogP contribution in [0, 0.1) is 6.92 Å². The molecule has 0 radical (unpaired) electrons. The van der Waals surface area contributed by atoms with E-state index in [2.05, 4.69) is 20.9 Å². The quantitative estimate of drug-likeness (QED) is 0.935. The summed E-state index contributed by atoms with van der Waals surface area (Å²) < 4.78 is 6.35. The fourth-order valence-electron chi connectivity index (χ4n) is 1.95. The van der Waals surface area contributed by atoms with E-state index in [1.54, 1.807) is 12.4 Å². The topological polar surface area (TPSA) is 42.4 Å². The third-order valence-electron chi connectivity index (χ3n) is 2.74. The van der Waals surface area contributed by atoms with E-state index in [9.17, 15) is 5.11 Å². The van der Waals surface area contributed by atoms with E-state index in [0.717, 1.165) is 21.2 Å². The Kier molecular flexibility index (Phi) is 4.56. The lowest BCUT2D eigenvalue weighted by Crippen LogP contribution is -2.02. The molecule has 2 aromatic rings. The van der Waals surface area contributed by atoms with Crippen LogP contribution in [0.4, 0.5) is 0 Å². The van der Waals surface area contributed by atoms with Crippen molar-refractivity contribution < 1.29 is 9.84 Å². The van der Waals surface area contributed by atoms with Gasteiger partial charge in [-0.2, -0.15) is 0 Å². The zero-order valence-corrected chi connectivity index (χ0v) is 12.5. The highest BCUT2D eigenvalue weighted by molar-refractivity contribution is 9.10. The van der Waals surface area contributed by atoms with E-state index in [1.807, 2.05) is 38.1 Å². The summed E-state index contributed by atoms with van der Waals surface area (Å²) in [6, 6.07) is 7.69. The lowest BCUT2D eigenvalue weighted by molar-refractivity contribution is 0.219. The predicted molar refractivity (Wildman–Crippen MR) is 78.3 cm³/mol. The standard InChI is InChI=1S/C15H16BrNO2/c1-3-19-14-7-12(8-17-9-14)15(18)11-4-10(2)5-13(16)6-11/h4-9,15,18H,3H2,1-2H3. The molecule has 0 saturated carbocycles. The molecule has 0 aliphatic carbocycles. The van der Waals surface area contributed by atoms with Gasteiger partial charge in [0.1, 0.15) is 11.9 Å². The number of benzene rings is 1. The van der Waals surface area contributed by atoms with Crippen molar-refractivity contribution in [3.63, 3.8) is 0 Å². The molecule has 19 heavy (non-hydrogen) atoms. The monoisotopic (exact) mass is 321 g/mol. The van der Waals surface area contributed by atoms with Crippen molar-refractivity contribution in [1.82, 2.24) is 4.98 Å². The number of hydrogen-bond donors (Lipinski definition) is 1. The van der Waals surface area contributed by atoms with Gasteiger partial charge in [-0.1, -0.05) is 22.0 Å². The van der Waals surface area contributed by atoms with Crippen molar-refractivity contribution in [3.05, 3.63) is 57.8 Å². The number of aryl methyl sites for hydroxylation is 1. The first-order valence-corrected chi connectivity index (χ1v) is 6.92. The molecule has 0 spiro atoms. The van der Waals surface area contributed by atoms with Crippen LogP contribution in [-0.4, -0.2) is 16.7 Å². The molecule has 1 N–H and O–H groups in total. The van der Waals surface area contributed by atoms with Gasteiger partial charge in [-0.15, -0.1) is 0 Å². The van der Waals surface area contributed by atoms with Gasteiger partial charge in [0.2, 0.25) is 0 Å². The van der Waals surface area contributed by atoms with E-state index in [0.29, 0.717) is 12.4 Å².